The summed E-state index contributed by atoms with van der Waals surface area (Å²) in [4.78, 5) is 9.24. The van der Waals surface area contributed by atoms with Crippen molar-refractivity contribution in [1.29, 1.82) is 0 Å². The molecule has 0 unspecified atom stereocenters. The standard InChI is InChI=1S/C20H25N5OS.HI/c1-4-21-20(23-12-19-24-17(13-27-19)14(2)3)22-11-16-10-18(26-25-16)15-8-6-5-7-9-15;/h5-10,13-14H,4,11-12H2,1-3H3,(H2,21,22,23);1H. The maximum Gasteiger partial charge on any atom is 0.191 e. The lowest BCUT2D eigenvalue weighted by atomic mass is 10.2. The minimum atomic E-state index is 0. The van der Waals surface area contributed by atoms with E-state index >= 15 is 0 Å². The van der Waals surface area contributed by atoms with Gasteiger partial charge in [-0.3, -0.25) is 0 Å². The maximum absolute atomic E-state index is 5.43. The number of aromatic nitrogens is 2. The molecule has 0 bridgehead atoms. The lowest BCUT2D eigenvalue weighted by molar-refractivity contribution is 0.424. The Hall–Kier alpha value is -1.94. The zero-order valence-corrected chi connectivity index (χ0v) is 19.5. The molecule has 3 rings (SSSR count). The monoisotopic (exact) mass is 511 g/mol. The van der Waals surface area contributed by atoms with Crippen molar-refractivity contribution in [2.45, 2.75) is 39.8 Å². The highest BCUT2D eigenvalue weighted by atomic mass is 127. The van der Waals surface area contributed by atoms with Gasteiger partial charge in [0.2, 0.25) is 0 Å². The predicted molar refractivity (Wildman–Crippen MR) is 125 cm³/mol. The summed E-state index contributed by atoms with van der Waals surface area (Å²) in [5.41, 5.74) is 2.94. The highest BCUT2D eigenvalue weighted by Gasteiger charge is 2.08. The molecule has 0 aliphatic carbocycles. The van der Waals surface area contributed by atoms with Crippen LogP contribution in [-0.2, 0) is 13.1 Å². The van der Waals surface area contributed by atoms with E-state index < -0.39 is 0 Å². The van der Waals surface area contributed by atoms with Crippen molar-refractivity contribution < 1.29 is 4.52 Å². The van der Waals surface area contributed by atoms with Crippen LogP contribution in [0.4, 0.5) is 0 Å². The number of nitrogens with one attached hydrogen (secondary N) is 2. The third-order valence-electron chi connectivity index (χ3n) is 3.93. The van der Waals surface area contributed by atoms with Crippen molar-refractivity contribution in [3.63, 3.8) is 0 Å². The fraction of sp³-hybridized carbons (Fsp3) is 0.350. The molecule has 3 aromatic rings. The predicted octanol–water partition coefficient (Wildman–Crippen LogP) is 4.79. The van der Waals surface area contributed by atoms with Crippen LogP contribution in [-0.4, -0.2) is 22.6 Å². The lowest BCUT2D eigenvalue weighted by Gasteiger charge is -2.09. The summed E-state index contributed by atoms with van der Waals surface area (Å²) >= 11 is 1.67. The molecule has 1 aromatic carbocycles. The molecule has 2 aromatic heterocycles. The van der Waals surface area contributed by atoms with E-state index in [-0.39, 0.29) is 24.0 Å². The molecule has 6 nitrogen and oxygen atoms in total. The van der Waals surface area contributed by atoms with Gasteiger partial charge in [-0.15, -0.1) is 35.3 Å². The van der Waals surface area contributed by atoms with E-state index in [4.69, 9.17) is 4.52 Å². The van der Waals surface area contributed by atoms with Crippen LogP contribution in [0.3, 0.4) is 0 Å². The molecule has 0 atom stereocenters. The van der Waals surface area contributed by atoms with E-state index in [1.54, 1.807) is 11.3 Å². The van der Waals surface area contributed by atoms with Crippen molar-refractivity contribution >= 4 is 41.3 Å². The fourth-order valence-corrected chi connectivity index (χ4v) is 3.35. The Morgan fingerprint density at radius 1 is 1.21 bits per heavy atom. The van der Waals surface area contributed by atoms with Gasteiger partial charge >= 0.3 is 0 Å². The molecule has 8 heteroatoms. The number of rotatable bonds is 7. The molecular formula is C20H26IN5OS. The van der Waals surface area contributed by atoms with Gasteiger partial charge in [0.1, 0.15) is 10.7 Å². The van der Waals surface area contributed by atoms with Crippen LogP contribution < -0.4 is 10.6 Å². The summed E-state index contributed by atoms with van der Waals surface area (Å²) < 4.78 is 5.43. The Labute approximate surface area is 186 Å². The molecule has 0 saturated heterocycles. The molecule has 0 radical (unpaired) electrons. The summed E-state index contributed by atoms with van der Waals surface area (Å²) in [6.45, 7) is 8.23. The molecule has 150 valence electrons. The van der Waals surface area contributed by atoms with Gasteiger partial charge < -0.3 is 15.2 Å². The third kappa shape index (κ3) is 6.30. The first kappa shape index (κ1) is 22.4. The second-order valence-electron chi connectivity index (χ2n) is 6.42. The Bertz CT molecular complexity index is 876. The molecule has 0 spiro atoms. The number of nitrogens with zero attached hydrogens (tertiary/aromatic N) is 3. The number of halogens is 1. The summed E-state index contributed by atoms with van der Waals surface area (Å²) in [6, 6.07) is 11.9. The number of hydrogen-bond acceptors (Lipinski definition) is 5. The van der Waals surface area contributed by atoms with Crippen molar-refractivity contribution in [1.82, 2.24) is 20.8 Å². The van der Waals surface area contributed by atoms with Gasteiger partial charge in [-0.25, -0.2) is 9.98 Å². The van der Waals surface area contributed by atoms with Gasteiger partial charge in [0.15, 0.2) is 11.7 Å². The van der Waals surface area contributed by atoms with Crippen molar-refractivity contribution in [3.05, 3.63) is 58.2 Å². The van der Waals surface area contributed by atoms with Crippen molar-refractivity contribution in [2.24, 2.45) is 4.99 Å². The van der Waals surface area contributed by atoms with Gasteiger partial charge in [-0.1, -0.05) is 49.3 Å². The molecular weight excluding hydrogens is 485 g/mol. The number of guanidine groups is 1. The SMILES string of the molecule is CCNC(=NCc1cc(-c2ccccc2)on1)NCc1nc(C(C)C)cs1.I. The molecule has 0 saturated carbocycles. The Balaban J connectivity index is 0.00000280. The molecule has 0 aliphatic heterocycles. The highest BCUT2D eigenvalue weighted by molar-refractivity contribution is 14.0. The number of hydrogen-bond donors (Lipinski definition) is 2. The highest BCUT2D eigenvalue weighted by Crippen LogP contribution is 2.20. The smallest absolute Gasteiger partial charge is 0.191 e. The zero-order chi connectivity index (χ0) is 19.1. The summed E-state index contributed by atoms with van der Waals surface area (Å²) in [5.74, 6) is 1.94. The van der Waals surface area contributed by atoms with Gasteiger partial charge in [-0.2, -0.15) is 0 Å². The average Bonchev–Trinajstić information content (AvgIpc) is 3.34. The Morgan fingerprint density at radius 3 is 2.68 bits per heavy atom. The second-order valence-corrected chi connectivity index (χ2v) is 7.36. The van der Waals surface area contributed by atoms with Crippen LogP contribution in [0.2, 0.25) is 0 Å². The number of aliphatic imine (C=N–C) groups is 1. The summed E-state index contributed by atoms with van der Waals surface area (Å²) in [7, 11) is 0. The first-order chi connectivity index (χ1) is 13.2. The van der Waals surface area contributed by atoms with Crippen molar-refractivity contribution in [2.75, 3.05) is 6.54 Å². The van der Waals surface area contributed by atoms with Gasteiger partial charge in [0.25, 0.3) is 0 Å². The average molecular weight is 511 g/mol. The quantitative estimate of drug-likeness (QED) is 0.271. The van der Waals surface area contributed by atoms with Crippen LogP contribution in [0, 0.1) is 0 Å². The van der Waals surface area contributed by atoms with Gasteiger partial charge in [-0.05, 0) is 12.8 Å². The first-order valence-corrected chi connectivity index (χ1v) is 10.0. The van der Waals surface area contributed by atoms with Crippen LogP contribution in [0.15, 0.2) is 51.3 Å². The van der Waals surface area contributed by atoms with E-state index in [1.807, 2.05) is 43.3 Å². The molecule has 0 fully saturated rings. The number of benzene rings is 1. The van der Waals surface area contributed by atoms with E-state index in [1.165, 1.54) is 0 Å². The van der Waals surface area contributed by atoms with Crippen LogP contribution in [0.1, 0.15) is 43.1 Å². The molecule has 28 heavy (non-hydrogen) atoms. The van der Waals surface area contributed by atoms with Crippen LogP contribution in [0.25, 0.3) is 11.3 Å². The summed E-state index contributed by atoms with van der Waals surface area (Å²) in [5, 5.41) is 13.9. The van der Waals surface area contributed by atoms with Crippen LogP contribution in [0.5, 0.6) is 0 Å². The maximum atomic E-state index is 5.43. The van der Waals surface area contributed by atoms with Crippen molar-refractivity contribution in [3.8, 4) is 11.3 Å². The molecule has 0 aliphatic rings. The lowest BCUT2D eigenvalue weighted by Crippen LogP contribution is -2.36. The molecule has 0 amide bonds. The summed E-state index contributed by atoms with van der Waals surface area (Å²) in [6.07, 6.45) is 0. The van der Waals surface area contributed by atoms with E-state index in [2.05, 4.69) is 45.0 Å². The normalized spacial score (nSPS) is 11.4. The number of thiazole rings is 1. The minimum absolute atomic E-state index is 0. The van der Waals surface area contributed by atoms with Gasteiger partial charge in [0, 0.05) is 23.6 Å². The minimum Gasteiger partial charge on any atom is -0.357 e. The van der Waals surface area contributed by atoms with E-state index in [0.717, 1.165) is 40.2 Å². The topological polar surface area (TPSA) is 75.3 Å². The Morgan fingerprint density at radius 2 is 2.00 bits per heavy atom. The largest absolute Gasteiger partial charge is 0.357 e. The second kappa shape index (κ2) is 11.2. The van der Waals surface area contributed by atoms with Crippen LogP contribution >= 0.6 is 35.3 Å². The fourth-order valence-electron chi connectivity index (χ4n) is 2.46. The molecule has 2 heterocycles. The van der Waals surface area contributed by atoms with E-state index in [9.17, 15) is 0 Å². The zero-order valence-electron chi connectivity index (χ0n) is 16.3. The third-order valence-corrected chi connectivity index (χ3v) is 4.80. The molecule has 2 N–H and O–H groups in total. The van der Waals surface area contributed by atoms with E-state index in [0.29, 0.717) is 19.0 Å². The Kier molecular flexibility index (Phi) is 8.91. The first-order valence-electron chi connectivity index (χ1n) is 9.13. The van der Waals surface area contributed by atoms with Gasteiger partial charge in [0.05, 0.1) is 18.8 Å².